The minimum Gasteiger partial charge on any atom is -0.493 e. The number of hydrogen-bond donors (Lipinski definition) is 1. The maximum atomic E-state index is 12.3. The van der Waals surface area contributed by atoms with E-state index in [2.05, 4.69) is 15.5 Å². The number of methoxy groups -OCH3 is 1. The van der Waals surface area contributed by atoms with Crippen LogP contribution < -0.4 is 10.1 Å². The first-order valence-electron chi connectivity index (χ1n) is 7.02. The zero-order chi connectivity index (χ0) is 16.2. The summed E-state index contributed by atoms with van der Waals surface area (Å²) in [6, 6.07) is 12.8. The van der Waals surface area contributed by atoms with E-state index in [1.54, 1.807) is 25.3 Å². The first-order chi connectivity index (χ1) is 11.2. The molecule has 3 rings (SSSR count). The molecule has 2 aromatic heterocycles. The molecule has 0 aliphatic heterocycles. The molecular formula is C17H15N3O3. The molecule has 0 saturated heterocycles. The van der Waals surface area contributed by atoms with Crippen molar-refractivity contribution in [1.29, 1.82) is 0 Å². The summed E-state index contributed by atoms with van der Waals surface area (Å²) in [6.07, 6.45) is 1.60. The van der Waals surface area contributed by atoms with Crippen molar-refractivity contribution in [3.05, 3.63) is 60.1 Å². The number of hydrogen-bond acceptors (Lipinski definition) is 5. The number of benzene rings is 1. The normalized spacial score (nSPS) is 10.3. The average molecular weight is 309 g/mol. The first-order valence-corrected chi connectivity index (χ1v) is 7.02. The van der Waals surface area contributed by atoms with Crippen LogP contribution in [0.25, 0.3) is 11.3 Å². The van der Waals surface area contributed by atoms with Crippen LogP contribution >= 0.6 is 0 Å². The molecular weight excluding hydrogens is 294 g/mol. The molecule has 3 aromatic rings. The van der Waals surface area contributed by atoms with Crippen molar-refractivity contribution in [2.45, 2.75) is 6.92 Å². The summed E-state index contributed by atoms with van der Waals surface area (Å²) in [4.78, 5) is 16.4. The van der Waals surface area contributed by atoms with Gasteiger partial charge in [0, 0.05) is 17.8 Å². The van der Waals surface area contributed by atoms with Crippen LogP contribution in [0.15, 0.2) is 53.2 Å². The van der Waals surface area contributed by atoms with Crippen molar-refractivity contribution in [2.24, 2.45) is 0 Å². The van der Waals surface area contributed by atoms with Crippen molar-refractivity contribution in [3.63, 3.8) is 0 Å². The maximum Gasteiger partial charge on any atom is 0.294 e. The average Bonchev–Trinajstić information content (AvgIpc) is 3.06. The number of carbonyl (C=O) groups is 1. The Kier molecular flexibility index (Phi) is 4.05. The Morgan fingerprint density at radius 2 is 2.00 bits per heavy atom. The predicted octanol–water partition coefficient (Wildman–Crippen LogP) is 3.31. The number of nitrogens with zero attached hydrogens (tertiary/aromatic N) is 2. The highest BCUT2D eigenvalue weighted by Gasteiger charge is 2.16. The monoisotopic (exact) mass is 309 g/mol. The summed E-state index contributed by atoms with van der Waals surface area (Å²) >= 11 is 0. The summed E-state index contributed by atoms with van der Waals surface area (Å²) in [5.41, 5.74) is 2.71. The van der Waals surface area contributed by atoms with E-state index in [4.69, 9.17) is 9.26 Å². The molecule has 0 bridgehead atoms. The third-order valence-electron chi connectivity index (χ3n) is 3.34. The molecule has 1 aromatic carbocycles. The lowest BCUT2D eigenvalue weighted by molar-refractivity contribution is 0.0987. The second-order valence-electron chi connectivity index (χ2n) is 4.87. The molecule has 0 radical (unpaired) electrons. The van der Waals surface area contributed by atoms with Crippen LogP contribution in [0.5, 0.6) is 5.75 Å². The summed E-state index contributed by atoms with van der Waals surface area (Å²) in [6.45, 7) is 1.80. The Morgan fingerprint density at radius 1 is 1.22 bits per heavy atom. The first kappa shape index (κ1) is 14.8. The molecule has 23 heavy (non-hydrogen) atoms. The predicted molar refractivity (Wildman–Crippen MR) is 85.4 cm³/mol. The lowest BCUT2D eigenvalue weighted by atomic mass is 10.1. The molecule has 2 heterocycles. The van der Waals surface area contributed by atoms with Gasteiger partial charge < -0.3 is 14.6 Å². The number of ether oxygens (including phenoxy) is 1. The highest BCUT2D eigenvalue weighted by atomic mass is 16.5. The van der Waals surface area contributed by atoms with Crippen LogP contribution in [-0.4, -0.2) is 23.2 Å². The molecule has 0 atom stereocenters. The molecule has 0 unspecified atom stereocenters. The minimum absolute atomic E-state index is 0.125. The molecule has 0 aliphatic rings. The third kappa shape index (κ3) is 3.06. The van der Waals surface area contributed by atoms with Gasteiger partial charge in [-0.25, -0.2) is 0 Å². The Morgan fingerprint density at radius 3 is 2.74 bits per heavy atom. The molecule has 1 N–H and O–H groups in total. The van der Waals surface area contributed by atoms with E-state index >= 15 is 0 Å². The number of anilines is 1. The lowest BCUT2D eigenvalue weighted by Crippen LogP contribution is -2.12. The van der Waals surface area contributed by atoms with E-state index in [-0.39, 0.29) is 5.76 Å². The fraction of sp³-hybridized carbons (Fsp3) is 0.118. The summed E-state index contributed by atoms with van der Waals surface area (Å²) < 4.78 is 10.4. The molecule has 0 aliphatic carbocycles. The number of rotatable bonds is 4. The van der Waals surface area contributed by atoms with E-state index < -0.39 is 5.91 Å². The van der Waals surface area contributed by atoms with E-state index in [0.29, 0.717) is 22.8 Å². The third-order valence-corrected chi connectivity index (χ3v) is 3.34. The number of amides is 1. The molecule has 0 spiro atoms. The summed E-state index contributed by atoms with van der Waals surface area (Å²) in [5, 5.41) is 6.68. The van der Waals surface area contributed by atoms with Gasteiger partial charge in [-0.1, -0.05) is 35.5 Å². The molecule has 0 fully saturated rings. The Bertz CT molecular complexity index is 828. The fourth-order valence-electron chi connectivity index (χ4n) is 2.22. The largest absolute Gasteiger partial charge is 0.493 e. The van der Waals surface area contributed by atoms with Gasteiger partial charge in [-0.2, -0.15) is 0 Å². The number of nitrogens with one attached hydrogen (secondary N) is 1. The van der Waals surface area contributed by atoms with Crippen molar-refractivity contribution in [2.75, 3.05) is 12.4 Å². The van der Waals surface area contributed by atoms with Gasteiger partial charge in [-0.3, -0.25) is 9.78 Å². The topological polar surface area (TPSA) is 77.2 Å². The molecule has 6 heteroatoms. The lowest BCUT2D eigenvalue weighted by Gasteiger charge is -2.10. The van der Waals surface area contributed by atoms with Crippen molar-refractivity contribution in [3.8, 4) is 17.0 Å². The van der Waals surface area contributed by atoms with Crippen LogP contribution in [0.2, 0.25) is 0 Å². The van der Waals surface area contributed by atoms with Crippen LogP contribution in [0.1, 0.15) is 16.2 Å². The smallest absolute Gasteiger partial charge is 0.294 e. The van der Waals surface area contributed by atoms with Gasteiger partial charge in [0.25, 0.3) is 5.91 Å². The van der Waals surface area contributed by atoms with Crippen LogP contribution in [0.3, 0.4) is 0 Å². The van der Waals surface area contributed by atoms with Gasteiger partial charge in [-0.15, -0.1) is 0 Å². The standard InChI is InChI=1S/C17H15N3O3/c1-11-16(22-2)13(8-9-18-11)19-17(21)15-10-14(20-23-15)12-6-4-3-5-7-12/h3-10H,1-2H3,(H,18,19,21). The highest BCUT2D eigenvalue weighted by molar-refractivity contribution is 6.03. The second-order valence-corrected chi connectivity index (χ2v) is 4.87. The van der Waals surface area contributed by atoms with Crippen LogP contribution in [0.4, 0.5) is 5.69 Å². The Labute approximate surface area is 133 Å². The zero-order valence-electron chi connectivity index (χ0n) is 12.7. The van der Waals surface area contributed by atoms with Gasteiger partial charge in [-0.05, 0) is 13.0 Å². The number of carbonyl (C=O) groups excluding carboxylic acids is 1. The zero-order valence-corrected chi connectivity index (χ0v) is 12.7. The quantitative estimate of drug-likeness (QED) is 0.800. The van der Waals surface area contributed by atoms with Crippen LogP contribution in [-0.2, 0) is 0 Å². The van der Waals surface area contributed by atoms with Gasteiger partial charge >= 0.3 is 0 Å². The van der Waals surface area contributed by atoms with Gasteiger partial charge in [0.15, 0.2) is 5.75 Å². The molecule has 116 valence electrons. The van der Waals surface area contributed by atoms with Crippen molar-refractivity contribution in [1.82, 2.24) is 10.1 Å². The highest BCUT2D eigenvalue weighted by Crippen LogP contribution is 2.27. The molecule has 1 amide bonds. The number of aryl methyl sites for hydroxylation is 1. The fourth-order valence-corrected chi connectivity index (χ4v) is 2.22. The molecule has 0 saturated carbocycles. The van der Waals surface area contributed by atoms with E-state index in [1.807, 2.05) is 30.3 Å². The van der Waals surface area contributed by atoms with Crippen LogP contribution in [0, 0.1) is 6.92 Å². The maximum absolute atomic E-state index is 12.3. The molecule has 6 nitrogen and oxygen atoms in total. The van der Waals surface area contributed by atoms with Gasteiger partial charge in [0.05, 0.1) is 18.5 Å². The SMILES string of the molecule is COc1c(NC(=O)c2cc(-c3ccccc3)no2)ccnc1C. The van der Waals surface area contributed by atoms with E-state index in [1.165, 1.54) is 7.11 Å². The summed E-state index contributed by atoms with van der Waals surface area (Å²) in [7, 11) is 1.53. The number of aromatic nitrogens is 2. The van der Waals surface area contributed by atoms with E-state index in [9.17, 15) is 4.79 Å². The number of pyridine rings is 1. The van der Waals surface area contributed by atoms with E-state index in [0.717, 1.165) is 5.56 Å². The van der Waals surface area contributed by atoms with Crippen molar-refractivity contribution < 1.29 is 14.1 Å². The van der Waals surface area contributed by atoms with Gasteiger partial charge in [0.1, 0.15) is 5.69 Å². The Balaban J connectivity index is 1.82. The van der Waals surface area contributed by atoms with Crippen molar-refractivity contribution >= 4 is 11.6 Å². The van der Waals surface area contributed by atoms with Gasteiger partial charge in [0.2, 0.25) is 5.76 Å². The second kappa shape index (κ2) is 6.31. The Hall–Kier alpha value is -3.15. The summed E-state index contributed by atoms with van der Waals surface area (Å²) in [5.74, 6) is 0.243. The minimum atomic E-state index is -0.399.